The second-order valence-corrected chi connectivity index (χ2v) is 7.51. The van der Waals surface area contributed by atoms with E-state index in [9.17, 15) is 13.2 Å². The van der Waals surface area contributed by atoms with Crippen LogP contribution in [0.3, 0.4) is 0 Å². The molecule has 5 nitrogen and oxygen atoms in total. The van der Waals surface area contributed by atoms with E-state index in [1.807, 2.05) is 61.5 Å². The number of hydrogen-bond donors (Lipinski definition) is 2. The van der Waals surface area contributed by atoms with E-state index in [0.717, 1.165) is 16.7 Å². The average molecular weight is 346 g/mol. The molecule has 0 fully saturated rings. The number of amides is 1. The smallest absolute Gasteiger partial charge is 0.235 e. The molecule has 6 heteroatoms. The minimum atomic E-state index is -3.48. The van der Waals surface area contributed by atoms with Gasteiger partial charge < -0.3 is 5.32 Å². The first kappa shape index (κ1) is 18.2. The fourth-order valence-electron chi connectivity index (χ4n) is 2.21. The van der Waals surface area contributed by atoms with Crippen LogP contribution in [-0.4, -0.2) is 26.6 Å². The van der Waals surface area contributed by atoms with Crippen LogP contribution in [0.25, 0.3) is 0 Å². The van der Waals surface area contributed by atoms with Crippen LogP contribution in [0.5, 0.6) is 0 Å². The molecular formula is C18H22N2O3S. The van der Waals surface area contributed by atoms with Crippen molar-refractivity contribution in [2.75, 3.05) is 12.3 Å². The molecule has 0 saturated heterocycles. The van der Waals surface area contributed by atoms with E-state index in [1.54, 1.807) is 0 Å². The molecule has 24 heavy (non-hydrogen) atoms. The van der Waals surface area contributed by atoms with Gasteiger partial charge in [-0.15, -0.1) is 0 Å². The minimum absolute atomic E-state index is 0.0396. The van der Waals surface area contributed by atoms with Gasteiger partial charge in [0, 0.05) is 6.54 Å². The van der Waals surface area contributed by atoms with Crippen molar-refractivity contribution in [3.8, 4) is 0 Å². The van der Waals surface area contributed by atoms with Gasteiger partial charge in [-0.2, -0.15) is 0 Å². The Balaban J connectivity index is 1.75. The van der Waals surface area contributed by atoms with Crippen molar-refractivity contribution < 1.29 is 13.2 Å². The van der Waals surface area contributed by atoms with Crippen LogP contribution in [0.1, 0.15) is 16.7 Å². The molecule has 0 atom stereocenters. The van der Waals surface area contributed by atoms with Crippen molar-refractivity contribution in [1.82, 2.24) is 10.0 Å². The molecule has 0 bridgehead atoms. The van der Waals surface area contributed by atoms with Gasteiger partial charge in [0.15, 0.2) is 0 Å². The molecule has 0 aliphatic rings. The first-order chi connectivity index (χ1) is 11.5. The van der Waals surface area contributed by atoms with Crippen LogP contribution in [0.4, 0.5) is 0 Å². The molecule has 0 spiro atoms. The van der Waals surface area contributed by atoms with Crippen molar-refractivity contribution in [3.63, 3.8) is 0 Å². The fraction of sp³-hybridized carbons (Fsp3) is 0.278. The Kier molecular flexibility index (Phi) is 6.52. The molecule has 0 aromatic heterocycles. The summed E-state index contributed by atoms with van der Waals surface area (Å²) in [5.41, 5.74) is 3.05. The number of hydrogen-bond acceptors (Lipinski definition) is 3. The molecule has 2 rings (SSSR count). The quantitative estimate of drug-likeness (QED) is 0.765. The zero-order valence-corrected chi connectivity index (χ0v) is 14.5. The summed E-state index contributed by atoms with van der Waals surface area (Å²) in [5.74, 6) is -0.385. The van der Waals surface area contributed by atoms with Gasteiger partial charge >= 0.3 is 0 Å². The Labute approximate surface area is 143 Å². The molecule has 0 unspecified atom stereocenters. The highest BCUT2D eigenvalue weighted by Gasteiger charge is 2.12. The summed E-state index contributed by atoms with van der Waals surface area (Å²) >= 11 is 0. The normalized spacial score (nSPS) is 11.2. The third-order valence-corrected chi connectivity index (χ3v) is 5.02. The first-order valence-corrected chi connectivity index (χ1v) is 9.44. The summed E-state index contributed by atoms with van der Waals surface area (Å²) in [7, 11) is -3.48. The van der Waals surface area contributed by atoms with Crippen LogP contribution in [0.15, 0.2) is 54.6 Å². The zero-order chi connectivity index (χ0) is 17.4. The number of aryl methyl sites for hydroxylation is 2. The number of sulfonamides is 1. The van der Waals surface area contributed by atoms with Crippen molar-refractivity contribution >= 4 is 15.9 Å². The van der Waals surface area contributed by atoms with Crippen molar-refractivity contribution in [2.45, 2.75) is 19.9 Å². The molecule has 128 valence electrons. The van der Waals surface area contributed by atoms with Crippen LogP contribution in [0, 0.1) is 6.92 Å². The summed E-state index contributed by atoms with van der Waals surface area (Å²) < 4.78 is 26.2. The fourth-order valence-corrected chi connectivity index (χ4v) is 3.21. The van der Waals surface area contributed by atoms with Gasteiger partial charge in [0.25, 0.3) is 0 Å². The summed E-state index contributed by atoms with van der Waals surface area (Å²) in [6.45, 7) is 2.11. The van der Waals surface area contributed by atoms with E-state index >= 15 is 0 Å². The summed E-state index contributed by atoms with van der Waals surface area (Å²) in [4.78, 5) is 11.8. The highest BCUT2D eigenvalue weighted by Crippen LogP contribution is 2.06. The number of nitrogens with one attached hydrogen (secondary N) is 2. The lowest BCUT2D eigenvalue weighted by molar-refractivity contribution is -0.120. The lowest BCUT2D eigenvalue weighted by Crippen LogP contribution is -2.38. The van der Waals surface area contributed by atoms with Crippen LogP contribution in [0.2, 0.25) is 0 Å². The summed E-state index contributed by atoms with van der Waals surface area (Å²) in [6.07, 6.45) is 0.418. The van der Waals surface area contributed by atoms with Crippen LogP contribution < -0.4 is 10.0 Å². The molecule has 0 saturated carbocycles. The highest BCUT2D eigenvalue weighted by atomic mass is 32.2. The second-order valence-electron chi connectivity index (χ2n) is 5.58. The Hall–Kier alpha value is -2.18. The van der Waals surface area contributed by atoms with E-state index in [4.69, 9.17) is 0 Å². The standard InChI is InChI=1S/C18H22N2O3S/c1-15-7-5-6-10-17(15)13-19-18(21)14-20-24(22,23)12-11-16-8-3-2-4-9-16/h2-10,20H,11-14H2,1H3,(H,19,21). The summed E-state index contributed by atoms with van der Waals surface area (Å²) in [6, 6.07) is 17.1. The van der Waals surface area contributed by atoms with Gasteiger partial charge in [0.2, 0.25) is 15.9 Å². The molecule has 0 aliphatic heterocycles. The van der Waals surface area contributed by atoms with Gasteiger partial charge in [-0.25, -0.2) is 13.1 Å². The van der Waals surface area contributed by atoms with Gasteiger partial charge in [-0.1, -0.05) is 54.6 Å². The maximum Gasteiger partial charge on any atom is 0.235 e. The molecule has 2 aromatic rings. The molecule has 1 amide bonds. The maximum atomic E-state index is 11.9. The van der Waals surface area contributed by atoms with E-state index in [0.29, 0.717) is 13.0 Å². The molecular weight excluding hydrogens is 324 g/mol. The maximum absolute atomic E-state index is 11.9. The molecule has 0 radical (unpaired) electrons. The number of carbonyl (C=O) groups is 1. The van der Waals surface area contributed by atoms with Gasteiger partial charge in [0.05, 0.1) is 12.3 Å². The SMILES string of the molecule is Cc1ccccc1CNC(=O)CNS(=O)(=O)CCc1ccccc1. The number of rotatable bonds is 8. The monoisotopic (exact) mass is 346 g/mol. The van der Waals surface area contributed by atoms with E-state index in [-0.39, 0.29) is 18.2 Å². The van der Waals surface area contributed by atoms with E-state index < -0.39 is 10.0 Å². The molecule has 0 aliphatic carbocycles. The van der Waals surface area contributed by atoms with Gasteiger partial charge in [0.1, 0.15) is 0 Å². The average Bonchev–Trinajstić information content (AvgIpc) is 2.59. The third-order valence-electron chi connectivity index (χ3n) is 3.69. The third kappa shape index (κ3) is 6.14. The predicted molar refractivity (Wildman–Crippen MR) is 95.0 cm³/mol. The van der Waals surface area contributed by atoms with Gasteiger partial charge in [-0.05, 0) is 30.0 Å². The van der Waals surface area contributed by atoms with E-state index in [2.05, 4.69) is 10.0 Å². The minimum Gasteiger partial charge on any atom is -0.351 e. The second kappa shape index (κ2) is 8.61. The predicted octanol–water partition coefficient (Wildman–Crippen LogP) is 1.77. The van der Waals surface area contributed by atoms with Crippen LogP contribution >= 0.6 is 0 Å². The Morgan fingerprint density at radius 2 is 1.67 bits per heavy atom. The van der Waals surface area contributed by atoms with Crippen molar-refractivity contribution in [3.05, 3.63) is 71.3 Å². The Bertz CT molecular complexity index is 774. The number of benzene rings is 2. The van der Waals surface area contributed by atoms with Crippen LogP contribution in [-0.2, 0) is 27.8 Å². The highest BCUT2D eigenvalue weighted by molar-refractivity contribution is 7.89. The van der Waals surface area contributed by atoms with Crippen molar-refractivity contribution in [2.24, 2.45) is 0 Å². The molecule has 2 N–H and O–H groups in total. The number of carbonyl (C=O) groups excluding carboxylic acids is 1. The molecule has 0 heterocycles. The Morgan fingerprint density at radius 1 is 1.00 bits per heavy atom. The zero-order valence-electron chi connectivity index (χ0n) is 13.7. The summed E-state index contributed by atoms with van der Waals surface area (Å²) in [5, 5.41) is 2.72. The topological polar surface area (TPSA) is 75.3 Å². The molecule has 2 aromatic carbocycles. The lowest BCUT2D eigenvalue weighted by atomic mass is 10.1. The largest absolute Gasteiger partial charge is 0.351 e. The first-order valence-electron chi connectivity index (χ1n) is 7.79. The Morgan fingerprint density at radius 3 is 2.38 bits per heavy atom. The van der Waals surface area contributed by atoms with Gasteiger partial charge in [-0.3, -0.25) is 4.79 Å². The van der Waals surface area contributed by atoms with E-state index in [1.165, 1.54) is 0 Å². The lowest BCUT2D eigenvalue weighted by Gasteiger charge is -2.09. The van der Waals surface area contributed by atoms with Crippen molar-refractivity contribution in [1.29, 1.82) is 0 Å².